The van der Waals surface area contributed by atoms with Gasteiger partial charge in [0.1, 0.15) is 0 Å². The van der Waals surface area contributed by atoms with E-state index in [9.17, 15) is 5.11 Å². The van der Waals surface area contributed by atoms with Gasteiger partial charge in [0.25, 0.3) is 0 Å². The van der Waals surface area contributed by atoms with Crippen molar-refractivity contribution in [1.82, 2.24) is 4.90 Å². The second kappa shape index (κ2) is 6.19. The molecule has 1 atom stereocenters. The summed E-state index contributed by atoms with van der Waals surface area (Å²) < 4.78 is 0. The number of nitrogens with zero attached hydrogens (tertiary/aromatic N) is 1. The zero-order valence-electron chi connectivity index (χ0n) is 11.5. The maximum Gasteiger partial charge on any atom is 0.0774 e. The van der Waals surface area contributed by atoms with E-state index in [0.29, 0.717) is 0 Å². The fourth-order valence-electron chi connectivity index (χ4n) is 3.69. The van der Waals surface area contributed by atoms with E-state index in [2.05, 4.69) is 11.8 Å². The Labute approximate surface area is 106 Å². The molecule has 2 nitrogen and oxygen atoms in total. The summed E-state index contributed by atoms with van der Waals surface area (Å²) in [6.45, 7) is 5.66. The molecular weight excluding hydrogens is 210 g/mol. The molecule has 17 heavy (non-hydrogen) atoms. The lowest BCUT2D eigenvalue weighted by Gasteiger charge is -2.30. The molecule has 0 spiro atoms. The van der Waals surface area contributed by atoms with Gasteiger partial charge in [-0.1, -0.05) is 32.6 Å². The summed E-state index contributed by atoms with van der Waals surface area (Å²) in [6, 6.07) is 0. The summed E-state index contributed by atoms with van der Waals surface area (Å²) in [5, 5.41) is 10.5. The van der Waals surface area contributed by atoms with Crippen LogP contribution in [0, 0.1) is 5.92 Å². The van der Waals surface area contributed by atoms with Crippen LogP contribution < -0.4 is 0 Å². The maximum absolute atomic E-state index is 10.5. The largest absolute Gasteiger partial charge is 0.389 e. The SMILES string of the molecule is CCCC1CCCN(CC2(O)CCCC2)CC1. The molecule has 1 N–H and O–H groups in total. The Morgan fingerprint density at radius 3 is 2.59 bits per heavy atom. The smallest absolute Gasteiger partial charge is 0.0774 e. The van der Waals surface area contributed by atoms with Gasteiger partial charge in [-0.05, 0) is 51.1 Å². The molecule has 100 valence electrons. The predicted molar refractivity (Wildman–Crippen MR) is 72.1 cm³/mol. The Bertz CT molecular complexity index is 223. The van der Waals surface area contributed by atoms with Crippen molar-refractivity contribution in [3.05, 3.63) is 0 Å². The first-order chi connectivity index (χ1) is 8.22. The van der Waals surface area contributed by atoms with E-state index in [4.69, 9.17) is 0 Å². The Morgan fingerprint density at radius 2 is 1.88 bits per heavy atom. The highest BCUT2D eigenvalue weighted by molar-refractivity contribution is 4.88. The van der Waals surface area contributed by atoms with Crippen molar-refractivity contribution in [2.45, 2.75) is 70.3 Å². The predicted octanol–water partition coefficient (Wildman–Crippen LogP) is 3.19. The van der Waals surface area contributed by atoms with Crippen LogP contribution in [0.25, 0.3) is 0 Å². The molecule has 1 saturated carbocycles. The van der Waals surface area contributed by atoms with Crippen LogP contribution in [0.5, 0.6) is 0 Å². The van der Waals surface area contributed by atoms with Crippen molar-refractivity contribution < 1.29 is 5.11 Å². The van der Waals surface area contributed by atoms with Crippen molar-refractivity contribution in [2.75, 3.05) is 19.6 Å². The molecule has 2 aliphatic rings. The first kappa shape index (κ1) is 13.4. The van der Waals surface area contributed by atoms with Crippen LogP contribution in [0.2, 0.25) is 0 Å². The normalized spacial score (nSPS) is 30.4. The number of rotatable bonds is 4. The third kappa shape index (κ3) is 3.96. The van der Waals surface area contributed by atoms with E-state index in [1.165, 1.54) is 58.0 Å². The highest BCUT2D eigenvalue weighted by Crippen LogP contribution is 2.31. The minimum atomic E-state index is -0.343. The Balaban J connectivity index is 1.78. The number of hydrogen-bond donors (Lipinski definition) is 1. The molecule has 0 radical (unpaired) electrons. The third-order valence-corrected chi connectivity index (χ3v) is 4.69. The topological polar surface area (TPSA) is 23.5 Å². The van der Waals surface area contributed by atoms with Gasteiger partial charge in [-0.25, -0.2) is 0 Å². The highest BCUT2D eigenvalue weighted by Gasteiger charge is 2.33. The number of β-amino-alcohol motifs (C(OH)–C–C–N with tert-alkyl or cyclic N) is 1. The summed E-state index contributed by atoms with van der Waals surface area (Å²) in [7, 11) is 0. The van der Waals surface area contributed by atoms with Gasteiger partial charge in [0.05, 0.1) is 5.60 Å². The monoisotopic (exact) mass is 239 g/mol. The zero-order valence-corrected chi connectivity index (χ0v) is 11.5. The van der Waals surface area contributed by atoms with Gasteiger partial charge in [-0.3, -0.25) is 0 Å². The fourth-order valence-corrected chi connectivity index (χ4v) is 3.69. The van der Waals surface area contributed by atoms with Gasteiger partial charge in [0.15, 0.2) is 0 Å². The summed E-state index contributed by atoms with van der Waals surface area (Å²) >= 11 is 0. The summed E-state index contributed by atoms with van der Waals surface area (Å²) in [4.78, 5) is 2.53. The van der Waals surface area contributed by atoms with Crippen molar-refractivity contribution in [3.63, 3.8) is 0 Å². The molecule has 0 bridgehead atoms. The Morgan fingerprint density at radius 1 is 1.12 bits per heavy atom. The number of likely N-dealkylation sites (tertiary alicyclic amines) is 1. The quantitative estimate of drug-likeness (QED) is 0.814. The maximum atomic E-state index is 10.5. The average molecular weight is 239 g/mol. The Kier molecular flexibility index (Phi) is 4.87. The van der Waals surface area contributed by atoms with E-state index in [0.717, 1.165) is 25.3 Å². The minimum absolute atomic E-state index is 0.343. The molecule has 0 aromatic rings. The van der Waals surface area contributed by atoms with Crippen LogP contribution in [0.15, 0.2) is 0 Å². The van der Waals surface area contributed by atoms with E-state index in [-0.39, 0.29) is 5.60 Å². The lowest BCUT2D eigenvalue weighted by Crippen LogP contribution is -2.41. The number of aliphatic hydroxyl groups is 1. The standard InChI is InChI=1S/C15H29NO/c1-2-6-14-7-5-11-16(12-8-14)13-15(17)9-3-4-10-15/h14,17H,2-13H2,1H3. The molecule has 1 aliphatic carbocycles. The van der Waals surface area contributed by atoms with Crippen LogP contribution in [-0.2, 0) is 0 Å². The van der Waals surface area contributed by atoms with E-state index >= 15 is 0 Å². The van der Waals surface area contributed by atoms with E-state index in [1.54, 1.807) is 0 Å². The molecule has 2 rings (SSSR count). The van der Waals surface area contributed by atoms with Gasteiger partial charge in [-0.15, -0.1) is 0 Å². The summed E-state index contributed by atoms with van der Waals surface area (Å²) in [5.74, 6) is 0.947. The van der Waals surface area contributed by atoms with Crippen LogP contribution in [0.3, 0.4) is 0 Å². The minimum Gasteiger partial charge on any atom is -0.389 e. The fraction of sp³-hybridized carbons (Fsp3) is 1.00. The zero-order chi connectivity index (χ0) is 12.1. The Hall–Kier alpha value is -0.0800. The van der Waals surface area contributed by atoms with Crippen LogP contribution >= 0.6 is 0 Å². The van der Waals surface area contributed by atoms with Crippen LogP contribution in [-0.4, -0.2) is 35.2 Å². The van der Waals surface area contributed by atoms with Gasteiger partial charge < -0.3 is 10.0 Å². The second-order valence-corrected chi connectivity index (χ2v) is 6.29. The summed E-state index contributed by atoms with van der Waals surface area (Å²) in [6.07, 6.45) is 11.3. The van der Waals surface area contributed by atoms with Crippen molar-refractivity contribution in [2.24, 2.45) is 5.92 Å². The second-order valence-electron chi connectivity index (χ2n) is 6.29. The lowest BCUT2D eigenvalue weighted by atomic mass is 9.96. The highest BCUT2D eigenvalue weighted by atomic mass is 16.3. The molecule has 2 heteroatoms. The van der Waals surface area contributed by atoms with Crippen molar-refractivity contribution in [3.8, 4) is 0 Å². The molecule has 0 aromatic heterocycles. The molecule has 1 heterocycles. The van der Waals surface area contributed by atoms with Gasteiger partial charge in [0, 0.05) is 6.54 Å². The molecule has 1 unspecified atom stereocenters. The summed E-state index contributed by atoms with van der Waals surface area (Å²) in [5.41, 5.74) is -0.343. The molecule has 2 fully saturated rings. The molecule has 1 saturated heterocycles. The van der Waals surface area contributed by atoms with Crippen molar-refractivity contribution >= 4 is 0 Å². The molecular formula is C15H29NO. The van der Waals surface area contributed by atoms with Crippen molar-refractivity contribution in [1.29, 1.82) is 0 Å². The lowest BCUT2D eigenvalue weighted by molar-refractivity contribution is 0.0100. The van der Waals surface area contributed by atoms with Gasteiger partial charge >= 0.3 is 0 Å². The molecule has 0 amide bonds. The molecule has 1 aliphatic heterocycles. The van der Waals surface area contributed by atoms with Gasteiger partial charge in [-0.2, -0.15) is 0 Å². The van der Waals surface area contributed by atoms with E-state index in [1.807, 2.05) is 0 Å². The van der Waals surface area contributed by atoms with Crippen LogP contribution in [0.1, 0.15) is 64.7 Å². The first-order valence-corrected chi connectivity index (χ1v) is 7.66. The molecule has 0 aromatic carbocycles. The first-order valence-electron chi connectivity index (χ1n) is 7.66. The van der Waals surface area contributed by atoms with Crippen LogP contribution in [0.4, 0.5) is 0 Å². The average Bonchev–Trinajstić information content (AvgIpc) is 2.60. The third-order valence-electron chi connectivity index (χ3n) is 4.69. The number of hydrogen-bond acceptors (Lipinski definition) is 2. The van der Waals surface area contributed by atoms with Gasteiger partial charge in [0.2, 0.25) is 0 Å². The van der Waals surface area contributed by atoms with E-state index < -0.39 is 0 Å².